The van der Waals surface area contributed by atoms with Crippen molar-refractivity contribution < 1.29 is 4.74 Å². The average Bonchev–Trinajstić information content (AvgIpc) is 2.77. The Morgan fingerprint density at radius 2 is 1.90 bits per heavy atom. The minimum Gasteiger partial charge on any atom is -0.377 e. The number of pyridine rings is 1. The molecule has 2 aromatic rings. The number of aromatic nitrogens is 1. The van der Waals surface area contributed by atoms with Crippen molar-refractivity contribution >= 4 is 29.2 Å². The fourth-order valence-electron chi connectivity index (χ4n) is 4.25. The van der Waals surface area contributed by atoms with Crippen LogP contribution >= 0.6 is 11.6 Å². The molecule has 1 saturated carbocycles. The molecule has 1 aromatic carbocycles. The first-order valence-corrected chi connectivity index (χ1v) is 11.2. The Bertz CT molecular complexity index is 896. The van der Waals surface area contributed by atoms with Crippen LogP contribution in [0.3, 0.4) is 0 Å². The Hall–Kier alpha value is -1.97. The molecule has 0 saturated heterocycles. The molecule has 0 atom stereocenters. The van der Waals surface area contributed by atoms with E-state index < -0.39 is 0 Å². The Morgan fingerprint density at radius 3 is 2.62 bits per heavy atom. The molecule has 1 aliphatic carbocycles. The van der Waals surface area contributed by atoms with E-state index in [1.807, 2.05) is 13.0 Å². The number of hydrogen-bond donors (Lipinski definition) is 0. The second-order valence-corrected chi connectivity index (χ2v) is 8.55. The lowest BCUT2D eigenvalue weighted by atomic mass is 9.87. The largest absolute Gasteiger partial charge is 0.377 e. The molecule has 4 rings (SSSR count). The monoisotopic (exact) mass is 408 g/mol. The van der Waals surface area contributed by atoms with E-state index in [4.69, 9.17) is 26.3 Å². The van der Waals surface area contributed by atoms with Crippen molar-refractivity contribution in [1.29, 1.82) is 0 Å². The van der Waals surface area contributed by atoms with Gasteiger partial charge in [0.2, 0.25) is 0 Å². The Kier molecular flexibility index (Phi) is 6.78. The van der Waals surface area contributed by atoms with E-state index in [2.05, 4.69) is 36.6 Å². The maximum Gasteiger partial charge on any atom is 0.155 e. The summed E-state index contributed by atoms with van der Waals surface area (Å²) in [7, 11) is 0. The Morgan fingerprint density at radius 1 is 1.14 bits per heavy atom. The van der Waals surface area contributed by atoms with Crippen LogP contribution in [0.4, 0.5) is 5.82 Å². The first-order valence-electron chi connectivity index (χ1n) is 10.8. The topological polar surface area (TPSA) is 34.5 Å². The summed E-state index contributed by atoms with van der Waals surface area (Å²) in [4.78, 5) is 9.50. The van der Waals surface area contributed by atoms with E-state index in [9.17, 15) is 0 Å². The Labute approximate surface area is 178 Å². The van der Waals surface area contributed by atoms with Crippen LogP contribution in [0.2, 0.25) is 5.02 Å². The SMILES string of the molecule is Cc1cc(Cl)c(-c2ccc(C3=CCOCC3)cc2)nc1N=CCC1CCCCC1. The molecular formula is C25H29ClN2O. The van der Waals surface area contributed by atoms with Crippen molar-refractivity contribution in [3.05, 3.63) is 52.6 Å². The van der Waals surface area contributed by atoms with Gasteiger partial charge in [0.15, 0.2) is 5.82 Å². The summed E-state index contributed by atoms with van der Waals surface area (Å²) >= 11 is 6.54. The molecule has 0 unspecified atom stereocenters. The molecule has 0 amide bonds. The number of rotatable bonds is 5. The molecule has 0 N–H and O–H groups in total. The number of benzene rings is 1. The summed E-state index contributed by atoms with van der Waals surface area (Å²) in [5.41, 5.74) is 5.43. The van der Waals surface area contributed by atoms with Gasteiger partial charge in [-0.1, -0.05) is 74.0 Å². The maximum atomic E-state index is 6.54. The molecule has 0 spiro atoms. The van der Waals surface area contributed by atoms with E-state index in [-0.39, 0.29) is 0 Å². The summed E-state index contributed by atoms with van der Waals surface area (Å²) in [6.45, 7) is 3.52. The van der Waals surface area contributed by atoms with Crippen molar-refractivity contribution in [3.8, 4) is 11.3 Å². The first-order chi connectivity index (χ1) is 14.2. The summed E-state index contributed by atoms with van der Waals surface area (Å²) in [6.07, 6.45) is 13.0. The van der Waals surface area contributed by atoms with Crippen molar-refractivity contribution in [1.82, 2.24) is 4.98 Å². The fourth-order valence-corrected chi connectivity index (χ4v) is 4.56. The molecular weight excluding hydrogens is 380 g/mol. The smallest absolute Gasteiger partial charge is 0.155 e. The highest BCUT2D eigenvalue weighted by Gasteiger charge is 2.13. The molecule has 2 aliphatic rings. The molecule has 3 nitrogen and oxygen atoms in total. The summed E-state index contributed by atoms with van der Waals surface area (Å²) < 4.78 is 5.41. The van der Waals surface area contributed by atoms with Crippen molar-refractivity contribution in [3.63, 3.8) is 0 Å². The van der Waals surface area contributed by atoms with Gasteiger partial charge in [0.1, 0.15) is 0 Å². The van der Waals surface area contributed by atoms with E-state index in [1.54, 1.807) is 0 Å². The third kappa shape index (κ3) is 5.15. The van der Waals surface area contributed by atoms with Gasteiger partial charge in [-0.05, 0) is 48.4 Å². The van der Waals surface area contributed by atoms with Crippen LogP contribution in [0.15, 0.2) is 41.4 Å². The molecule has 0 radical (unpaired) electrons. The number of hydrogen-bond acceptors (Lipinski definition) is 3. The lowest BCUT2D eigenvalue weighted by Gasteiger charge is -2.19. The minimum absolute atomic E-state index is 0.673. The van der Waals surface area contributed by atoms with Gasteiger partial charge in [0.25, 0.3) is 0 Å². The average molecular weight is 409 g/mol. The maximum absolute atomic E-state index is 6.54. The number of aryl methyl sites for hydroxylation is 1. The molecule has 4 heteroatoms. The van der Waals surface area contributed by atoms with Gasteiger partial charge in [-0.3, -0.25) is 0 Å². The Balaban J connectivity index is 1.52. The van der Waals surface area contributed by atoms with Gasteiger partial charge in [0, 0.05) is 11.8 Å². The van der Waals surface area contributed by atoms with Crippen LogP contribution < -0.4 is 0 Å². The highest BCUT2D eigenvalue weighted by Crippen LogP contribution is 2.32. The highest BCUT2D eigenvalue weighted by molar-refractivity contribution is 6.33. The summed E-state index contributed by atoms with van der Waals surface area (Å²) in [5.74, 6) is 1.56. The zero-order valence-corrected chi connectivity index (χ0v) is 17.9. The van der Waals surface area contributed by atoms with Crippen LogP contribution in [0.1, 0.15) is 56.1 Å². The van der Waals surface area contributed by atoms with Gasteiger partial charge in [-0.25, -0.2) is 9.98 Å². The summed E-state index contributed by atoms with van der Waals surface area (Å²) in [5, 5.41) is 0.673. The van der Waals surface area contributed by atoms with Gasteiger partial charge in [-0.15, -0.1) is 0 Å². The second-order valence-electron chi connectivity index (χ2n) is 8.14. The van der Waals surface area contributed by atoms with E-state index in [0.717, 1.165) is 48.0 Å². The molecule has 152 valence electrons. The van der Waals surface area contributed by atoms with E-state index in [0.29, 0.717) is 11.6 Å². The normalized spacial score (nSPS) is 18.2. The van der Waals surface area contributed by atoms with E-state index in [1.165, 1.54) is 43.2 Å². The highest BCUT2D eigenvalue weighted by atomic mass is 35.5. The van der Waals surface area contributed by atoms with Crippen LogP contribution in [-0.2, 0) is 4.74 Å². The molecule has 1 aromatic heterocycles. The molecule has 29 heavy (non-hydrogen) atoms. The predicted octanol–water partition coefficient (Wildman–Crippen LogP) is 7.19. The third-order valence-corrected chi connectivity index (χ3v) is 6.30. The van der Waals surface area contributed by atoms with Gasteiger partial charge in [0.05, 0.1) is 23.9 Å². The molecule has 2 heterocycles. The lowest BCUT2D eigenvalue weighted by Crippen LogP contribution is -2.06. The van der Waals surface area contributed by atoms with Crippen LogP contribution in [0, 0.1) is 12.8 Å². The molecule has 1 aliphatic heterocycles. The number of aliphatic imine (C=N–C) groups is 1. The van der Waals surface area contributed by atoms with E-state index >= 15 is 0 Å². The first kappa shape index (κ1) is 20.3. The van der Waals surface area contributed by atoms with Gasteiger partial charge >= 0.3 is 0 Å². The third-order valence-electron chi connectivity index (χ3n) is 6.01. The van der Waals surface area contributed by atoms with Crippen LogP contribution in [0.5, 0.6) is 0 Å². The quantitative estimate of drug-likeness (QED) is 0.490. The summed E-state index contributed by atoms with van der Waals surface area (Å²) in [6, 6.07) is 10.5. The zero-order valence-electron chi connectivity index (χ0n) is 17.2. The van der Waals surface area contributed by atoms with Crippen LogP contribution in [0.25, 0.3) is 16.8 Å². The van der Waals surface area contributed by atoms with Crippen molar-refractivity contribution in [2.75, 3.05) is 13.2 Å². The molecule has 1 fully saturated rings. The number of nitrogens with zero attached hydrogens (tertiary/aromatic N) is 2. The fraction of sp³-hybridized carbons (Fsp3) is 0.440. The van der Waals surface area contributed by atoms with Gasteiger partial charge < -0.3 is 4.74 Å². The predicted molar refractivity (Wildman–Crippen MR) is 122 cm³/mol. The molecule has 0 bridgehead atoms. The lowest BCUT2D eigenvalue weighted by molar-refractivity contribution is 0.161. The number of ether oxygens (including phenoxy) is 1. The second kappa shape index (κ2) is 9.69. The van der Waals surface area contributed by atoms with Crippen molar-refractivity contribution in [2.24, 2.45) is 10.9 Å². The zero-order chi connectivity index (χ0) is 20.1. The number of halogens is 1. The minimum atomic E-state index is 0.673. The van der Waals surface area contributed by atoms with Crippen LogP contribution in [-0.4, -0.2) is 24.4 Å². The van der Waals surface area contributed by atoms with Crippen molar-refractivity contribution in [2.45, 2.75) is 51.9 Å². The van der Waals surface area contributed by atoms with Gasteiger partial charge in [-0.2, -0.15) is 0 Å². The standard InChI is InChI=1S/C25H29ClN2O/c1-18-17-23(26)24(28-25(18)27-14-11-19-5-3-2-4-6-19)22-9-7-20(8-10-22)21-12-15-29-16-13-21/h7-10,12,14,17,19H,2-6,11,13,15-16H2,1H3.